The number of benzene rings is 1. The fourth-order valence-electron chi connectivity index (χ4n) is 2.24. The number of sulfonamides is 1. The fraction of sp³-hybridized carbons (Fsp3) is 0.400. The quantitative estimate of drug-likeness (QED) is 0.848. The number of carbonyl (C=O) groups excluding carboxylic acids is 1. The lowest BCUT2D eigenvalue weighted by Crippen LogP contribution is -2.22. The Hall–Kier alpha value is -1.66. The Morgan fingerprint density at radius 3 is 2.48 bits per heavy atom. The Morgan fingerprint density at radius 1 is 1.29 bits per heavy atom. The molecule has 2 rings (SSSR count). The van der Waals surface area contributed by atoms with Gasteiger partial charge in [0, 0.05) is 26.2 Å². The van der Waals surface area contributed by atoms with Crippen molar-refractivity contribution >= 4 is 21.6 Å². The van der Waals surface area contributed by atoms with Gasteiger partial charge in [-0.1, -0.05) is 12.2 Å². The second-order valence-electron chi connectivity index (χ2n) is 5.33. The molecule has 0 heterocycles. The first-order chi connectivity index (χ1) is 9.89. The van der Waals surface area contributed by atoms with Crippen molar-refractivity contribution in [2.75, 3.05) is 19.4 Å². The number of hydrogen-bond donors (Lipinski definition) is 1. The Balaban J connectivity index is 1.99. The van der Waals surface area contributed by atoms with Crippen LogP contribution < -0.4 is 5.32 Å². The van der Waals surface area contributed by atoms with E-state index in [1.54, 1.807) is 12.1 Å². The van der Waals surface area contributed by atoms with Crippen LogP contribution in [0.25, 0.3) is 0 Å². The van der Waals surface area contributed by atoms with E-state index >= 15 is 0 Å². The highest BCUT2D eigenvalue weighted by Crippen LogP contribution is 2.21. The minimum atomic E-state index is -3.43. The van der Waals surface area contributed by atoms with E-state index in [4.69, 9.17) is 0 Å². The zero-order valence-corrected chi connectivity index (χ0v) is 13.1. The van der Waals surface area contributed by atoms with Crippen molar-refractivity contribution in [3.63, 3.8) is 0 Å². The zero-order chi connectivity index (χ0) is 15.5. The summed E-state index contributed by atoms with van der Waals surface area (Å²) in [5, 5.41) is 2.80. The molecule has 1 aliphatic rings. The van der Waals surface area contributed by atoms with Crippen molar-refractivity contribution in [2.45, 2.75) is 24.2 Å². The maximum atomic E-state index is 11.9. The maximum absolute atomic E-state index is 11.9. The lowest BCUT2D eigenvalue weighted by atomic mass is 10.1. The number of carbonyl (C=O) groups is 1. The van der Waals surface area contributed by atoms with Crippen LogP contribution >= 0.6 is 0 Å². The normalized spacial score (nSPS) is 18.1. The molecule has 0 saturated carbocycles. The van der Waals surface area contributed by atoms with Crippen molar-refractivity contribution in [2.24, 2.45) is 5.92 Å². The summed E-state index contributed by atoms with van der Waals surface area (Å²) < 4.78 is 25.0. The Bertz CT molecular complexity index is 633. The molecule has 1 aromatic rings. The molecule has 0 spiro atoms. The number of allylic oxidation sites excluding steroid dienone is 2. The van der Waals surface area contributed by atoms with Crippen molar-refractivity contribution in [3.8, 4) is 0 Å². The van der Waals surface area contributed by atoms with Gasteiger partial charge in [-0.15, -0.1) is 0 Å². The van der Waals surface area contributed by atoms with Gasteiger partial charge in [-0.2, -0.15) is 0 Å². The van der Waals surface area contributed by atoms with E-state index in [9.17, 15) is 13.2 Å². The van der Waals surface area contributed by atoms with Gasteiger partial charge in [-0.25, -0.2) is 12.7 Å². The number of nitrogens with one attached hydrogen (secondary N) is 1. The minimum Gasteiger partial charge on any atom is -0.326 e. The minimum absolute atomic E-state index is 0.0465. The van der Waals surface area contributed by atoms with Crippen LogP contribution in [0.2, 0.25) is 0 Å². The zero-order valence-electron chi connectivity index (χ0n) is 12.2. The molecule has 0 aromatic heterocycles. The topological polar surface area (TPSA) is 66.5 Å². The summed E-state index contributed by atoms with van der Waals surface area (Å²) in [6.07, 6.45) is 6.70. The third-order valence-electron chi connectivity index (χ3n) is 3.48. The van der Waals surface area contributed by atoms with Gasteiger partial charge < -0.3 is 5.32 Å². The van der Waals surface area contributed by atoms with Crippen LogP contribution in [0.15, 0.2) is 41.3 Å². The first-order valence-electron chi connectivity index (χ1n) is 6.88. The van der Waals surface area contributed by atoms with Crippen LogP contribution in [-0.2, 0) is 14.8 Å². The van der Waals surface area contributed by atoms with Crippen LogP contribution in [0.1, 0.15) is 19.3 Å². The molecule has 0 bridgehead atoms. The largest absolute Gasteiger partial charge is 0.326 e. The molecule has 1 amide bonds. The van der Waals surface area contributed by atoms with Crippen LogP contribution in [-0.4, -0.2) is 32.7 Å². The molecule has 5 nitrogen and oxygen atoms in total. The van der Waals surface area contributed by atoms with Crippen molar-refractivity contribution in [3.05, 3.63) is 36.4 Å². The molecule has 1 aromatic carbocycles. The summed E-state index contributed by atoms with van der Waals surface area (Å²) in [5.74, 6) is 0.271. The predicted molar refractivity (Wildman–Crippen MR) is 82.4 cm³/mol. The van der Waals surface area contributed by atoms with Crippen LogP contribution in [0.3, 0.4) is 0 Å². The second kappa shape index (κ2) is 6.41. The van der Waals surface area contributed by atoms with Gasteiger partial charge in [-0.3, -0.25) is 4.79 Å². The average Bonchev–Trinajstić information content (AvgIpc) is 2.91. The van der Waals surface area contributed by atoms with Gasteiger partial charge in [0.05, 0.1) is 4.90 Å². The van der Waals surface area contributed by atoms with Crippen LogP contribution in [0, 0.1) is 5.92 Å². The van der Waals surface area contributed by atoms with Gasteiger partial charge in [0.1, 0.15) is 0 Å². The van der Waals surface area contributed by atoms with E-state index in [2.05, 4.69) is 17.5 Å². The first-order valence-corrected chi connectivity index (χ1v) is 8.32. The molecule has 6 heteroatoms. The fourth-order valence-corrected chi connectivity index (χ4v) is 3.14. The van der Waals surface area contributed by atoms with E-state index < -0.39 is 10.0 Å². The first kappa shape index (κ1) is 15.7. The highest BCUT2D eigenvalue weighted by atomic mass is 32.2. The summed E-state index contributed by atoms with van der Waals surface area (Å²) in [5.41, 5.74) is 0.611. The van der Waals surface area contributed by atoms with Crippen LogP contribution in [0.4, 0.5) is 5.69 Å². The standard InChI is InChI=1S/C15H20N2O3S/c1-17(2)21(19,20)14-9-7-13(8-10-14)16-15(18)11-12-5-3-4-6-12/h3,5,7-10,12H,4,6,11H2,1-2H3,(H,16,18). The molecule has 21 heavy (non-hydrogen) atoms. The Labute approximate surface area is 125 Å². The molecule has 1 N–H and O–H groups in total. The highest BCUT2D eigenvalue weighted by Gasteiger charge is 2.17. The van der Waals surface area contributed by atoms with Gasteiger partial charge in [0.2, 0.25) is 15.9 Å². The average molecular weight is 308 g/mol. The van der Waals surface area contributed by atoms with Crippen molar-refractivity contribution in [1.82, 2.24) is 4.31 Å². The summed E-state index contributed by atoms with van der Waals surface area (Å²) in [6.45, 7) is 0. The second-order valence-corrected chi connectivity index (χ2v) is 7.48. The predicted octanol–water partition coefficient (Wildman–Crippen LogP) is 2.23. The van der Waals surface area contributed by atoms with E-state index in [0.717, 1.165) is 17.1 Å². The Kier molecular flexibility index (Phi) is 4.80. The molecule has 1 aliphatic carbocycles. The third-order valence-corrected chi connectivity index (χ3v) is 5.31. The van der Waals surface area contributed by atoms with E-state index in [0.29, 0.717) is 18.0 Å². The lowest BCUT2D eigenvalue weighted by Gasteiger charge is -2.12. The molecular weight excluding hydrogens is 288 g/mol. The highest BCUT2D eigenvalue weighted by molar-refractivity contribution is 7.89. The number of hydrogen-bond acceptors (Lipinski definition) is 3. The van der Waals surface area contributed by atoms with E-state index in [1.165, 1.54) is 26.2 Å². The summed E-state index contributed by atoms with van der Waals surface area (Å²) >= 11 is 0. The smallest absolute Gasteiger partial charge is 0.242 e. The molecule has 1 atom stereocenters. The van der Waals surface area contributed by atoms with E-state index in [1.807, 2.05) is 0 Å². The molecule has 114 valence electrons. The number of anilines is 1. The molecule has 0 aliphatic heterocycles. The van der Waals surface area contributed by atoms with Crippen molar-refractivity contribution in [1.29, 1.82) is 0 Å². The number of rotatable bonds is 5. The lowest BCUT2D eigenvalue weighted by molar-refractivity contribution is -0.116. The summed E-state index contributed by atoms with van der Waals surface area (Å²) in [4.78, 5) is 12.1. The van der Waals surface area contributed by atoms with Gasteiger partial charge in [0.15, 0.2) is 0 Å². The van der Waals surface area contributed by atoms with Gasteiger partial charge >= 0.3 is 0 Å². The van der Waals surface area contributed by atoms with Gasteiger partial charge in [0.25, 0.3) is 0 Å². The van der Waals surface area contributed by atoms with Crippen molar-refractivity contribution < 1.29 is 13.2 Å². The molecule has 0 radical (unpaired) electrons. The monoisotopic (exact) mass is 308 g/mol. The molecule has 0 fully saturated rings. The number of amides is 1. The molecule has 1 unspecified atom stereocenters. The van der Waals surface area contributed by atoms with Gasteiger partial charge in [-0.05, 0) is 43.0 Å². The van der Waals surface area contributed by atoms with E-state index in [-0.39, 0.29) is 10.8 Å². The van der Waals surface area contributed by atoms with Crippen LogP contribution in [0.5, 0.6) is 0 Å². The summed E-state index contributed by atoms with van der Waals surface area (Å²) in [6, 6.07) is 6.22. The summed E-state index contributed by atoms with van der Waals surface area (Å²) in [7, 11) is -0.457. The molecule has 0 saturated heterocycles. The Morgan fingerprint density at radius 2 is 1.95 bits per heavy atom. The third kappa shape index (κ3) is 3.92. The molecular formula is C15H20N2O3S. The SMILES string of the molecule is CN(C)S(=O)(=O)c1ccc(NC(=O)CC2C=CCC2)cc1. The maximum Gasteiger partial charge on any atom is 0.242 e. The number of nitrogens with zero attached hydrogens (tertiary/aromatic N) is 1.